The highest BCUT2D eigenvalue weighted by Gasteiger charge is 2.14. The number of nitrogens with one attached hydrogen (secondary N) is 2. The molecule has 0 radical (unpaired) electrons. The number of halogens is 1. The fourth-order valence-corrected chi connectivity index (χ4v) is 3.45. The normalized spacial score (nSPS) is 9.87. The smallest absolute Gasteiger partial charge is 0.259 e. The summed E-state index contributed by atoms with van der Waals surface area (Å²) in [7, 11) is 0. The standard InChI is InChI=1S/C20H16FN3O2S.C3H8/c1-3-26-19(22)13-5-4-12(2)15(10-13)17-6-7-18(27-17)24-20(25)14-8-9-23-11-16(14)21;1-3-2/h3-11,22H,1H2,2H3,(H,24,25);3H2,1-2H3. The van der Waals surface area contributed by atoms with Crippen LogP contribution in [0.3, 0.4) is 0 Å². The first kappa shape index (κ1) is 23.0. The van der Waals surface area contributed by atoms with E-state index < -0.39 is 11.7 Å². The minimum Gasteiger partial charge on any atom is -0.447 e. The molecule has 3 aromatic rings. The average molecular weight is 426 g/mol. The molecular weight excluding hydrogens is 401 g/mol. The zero-order valence-electron chi connectivity index (χ0n) is 17.2. The van der Waals surface area contributed by atoms with Crippen LogP contribution in [-0.2, 0) is 4.74 Å². The summed E-state index contributed by atoms with van der Waals surface area (Å²) >= 11 is 1.36. The molecule has 0 aliphatic carbocycles. The third-order valence-electron chi connectivity index (χ3n) is 3.83. The summed E-state index contributed by atoms with van der Waals surface area (Å²) in [5.41, 5.74) is 2.50. The van der Waals surface area contributed by atoms with Gasteiger partial charge in [-0.2, -0.15) is 0 Å². The van der Waals surface area contributed by atoms with E-state index in [1.54, 1.807) is 12.1 Å². The quantitative estimate of drug-likeness (QED) is 0.282. The van der Waals surface area contributed by atoms with Gasteiger partial charge in [-0.05, 0) is 48.4 Å². The average Bonchev–Trinajstić information content (AvgIpc) is 3.17. The highest BCUT2D eigenvalue weighted by atomic mass is 32.1. The van der Waals surface area contributed by atoms with Gasteiger partial charge in [0.2, 0.25) is 5.90 Å². The predicted octanol–water partition coefficient (Wildman–Crippen LogP) is 6.41. The van der Waals surface area contributed by atoms with Crippen LogP contribution in [-0.4, -0.2) is 16.8 Å². The van der Waals surface area contributed by atoms with Crippen molar-refractivity contribution in [2.75, 3.05) is 5.32 Å². The van der Waals surface area contributed by atoms with Crippen molar-refractivity contribution in [3.05, 3.63) is 84.1 Å². The van der Waals surface area contributed by atoms with Crippen molar-refractivity contribution in [1.82, 2.24) is 4.98 Å². The van der Waals surface area contributed by atoms with E-state index in [-0.39, 0.29) is 11.5 Å². The third kappa shape index (κ3) is 5.84. The van der Waals surface area contributed by atoms with Crippen LogP contribution in [0.2, 0.25) is 0 Å². The van der Waals surface area contributed by atoms with Crippen molar-refractivity contribution >= 4 is 28.1 Å². The van der Waals surface area contributed by atoms with E-state index in [4.69, 9.17) is 10.1 Å². The monoisotopic (exact) mass is 425 g/mol. The molecule has 5 nitrogen and oxygen atoms in total. The maximum atomic E-state index is 13.7. The van der Waals surface area contributed by atoms with Crippen molar-refractivity contribution in [3.63, 3.8) is 0 Å². The van der Waals surface area contributed by atoms with Crippen LogP contribution in [0.5, 0.6) is 0 Å². The summed E-state index contributed by atoms with van der Waals surface area (Å²) in [6.45, 7) is 9.66. The molecule has 1 aromatic carbocycles. The summed E-state index contributed by atoms with van der Waals surface area (Å²) in [5.74, 6) is -1.20. The van der Waals surface area contributed by atoms with Gasteiger partial charge >= 0.3 is 0 Å². The van der Waals surface area contributed by atoms with Gasteiger partial charge < -0.3 is 10.1 Å². The lowest BCUT2D eigenvalue weighted by atomic mass is 10.0. The number of hydrogen-bond acceptors (Lipinski definition) is 5. The molecule has 0 saturated carbocycles. The SMILES string of the molecule is C=COC(=N)c1ccc(C)c(-c2ccc(NC(=O)c3ccncc3F)s2)c1.CCC. The van der Waals surface area contributed by atoms with Crippen LogP contribution in [0.4, 0.5) is 9.39 Å². The molecule has 0 atom stereocenters. The number of aryl methyl sites for hydroxylation is 1. The number of nitrogens with zero attached hydrogens (tertiary/aromatic N) is 1. The second kappa shape index (κ2) is 11.0. The van der Waals surface area contributed by atoms with E-state index in [1.165, 1.54) is 36.3 Å². The highest BCUT2D eigenvalue weighted by Crippen LogP contribution is 2.34. The molecule has 3 rings (SSSR count). The fourth-order valence-electron chi connectivity index (χ4n) is 2.47. The molecule has 0 bridgehead atoms. The topological polar surface area (TPSA) is 75.1 Å². The third-order valence-corrected chi connectivity index (χ3v) is 4.86. The minimum atomic E-state index is -0.670. The van der Waals surface area contributed by atoms with Crippen LogP contribution in [0.1, 0.15) is 41.8 Å². The number of anilines is 1. The van der Waals surface area contributed by atoms with Crippen LogP contribution < -0.4 is 5.32 Å². The maximum absolute atomic E-state index is 13.7. The van der Waals surface area contributed by atoms with Gasteiger partial charge in [0.05, 0.1) is 23.0 Å². The van der Waals surface area contributed by atoms with E-state index >= 15 is 0 Å². The Bertz CT molecular complexity index is 1050. The fraction of sp³-hybridized carbons (Fsp3) is 0.174. The largest absolute Gasteiger partial charge is 0.447 e. The molecule has 156 valence electrons. The number of aromatic nitrogens is 1. The van der Waals surface area contributed by atoms with E-state index in [0.29, 0.717) is 10.6 Å². The molecule has 2 aromatic heterocycles. The summed E-state index contributed by atoms with van der Waals surface area (Å²) in [5, 5.41) is 11.2. The van der Waals surface area contributed by atoms with Crippen molar-refractivity contribution in [1.29, 1.82) is 5.41 Å². The summed E-state index contributed by atoms with van der Waals surface area (Å²) in [4.78, 5) is 16.8. The molecule has 0 aliphatic heterocycles. The number of carbonyl (C=O) groups is 1. The number of carbonyl (C=O) groups excluding carboxylic acids is 1. The first-order valence-corrected chi connectivity index (χ1v) is 10.2. The van der Waals surface area contributed by atoms with Crippen LogP contribution in [0.15, 0.2) is 61.6 Å². The summed E-state index contributed by atoms with van der Waals surface area (Å²) in [6, 6.07) is 10.5. The molecule has 0 spiro atoms. The van der Waals surface area contributed by atoms with Gasteiger partial charge in [0, 0.05) is 16.6 Å². The molecular formula is C23H24FN3O2S. The number of amides is 1. The molecule has 0 saturated heterocycles. The Kier molecular flexibility index (Phi) is 8.43. The van der Waals surface area contributed by atoms with Gasteiger partial charge in [-0.25, -0.2) is 4.39 Å². The second-order valence-electron chi connectivity index (χ2n) is 6.32. The number of ether oxygens (including phenoxy) is 1. The van der Waals surface area contributed by atoms with Crippen molar-refractivity contribution in [2.45, 2.75) is 27.2 Å². The zero-order valence-corrected chi connectivity index (χ0v) is 18.0. The first-order chi connectivity index (χ1) is 14.4. The molecule has 7 heteroatoms. The predicted molar refractivity (Wildman–Crippen MR) is 121 cm³/mol. The Hall–Kier alpha value is -3.32. The first-order valence-electron chi connectivity index (χ1n) is 9.39. The molecule has 30 heavy (non-hydrogen) atoms. The zero-order chi connectivity index (χ0) is 22.1. The Morgan fingerprint density at radius 2 is 2.03 bits per heavy atom. The van der Waals surface area contributed by atoms with Gasteiger partial charge in [-0.1, -0.05) is 32.9 Å². The molecule has 1 amide bonds. The van der Waals surface area contributed by atoms with E-state index in [2.05, 4.69) is 30.7 Å². The second-order valence-corrected chi connectivity index (χ2v) is 7.41. The van der Waals surface area contributed by atoms with Gasteiger partial charge in [0.15, 0.2) is 5.82 Å². The van der Waals surface area contributed by atoms with Gasteiger partial charge in [-0.3, -0.25) is 15.2 Å². The lowest BCUT2D eigenvalue weighted by Crippen LogP contribution is -2.12. The molecule has 0 aliphatic rings. The molecule has 2 heterocycles. The minimum absolute atomic E-state index is 0.00416. The number of rotatable bonds is 5. The lowest BCUT2D eigenvalue weighted by molar-refractivity contribution is 0.102. The Morgan fingerprint density at radius 3 is 2.70 bits per heavy atom. The Labute approximate surface area is 179 Å². The number of hydrogen-bond donors (Lipinski definition) is 2. The molecule has 0 fully saturated rings. The summed E-state index contributed by atoms with van der Waals surface area (Å²) in [6.07, 6.45) is 4.83. The highest BCUT2D eigenvalue weighted by molar-refractivity contribution is 7.19. The van der Waals surface area contributed by atoms with Crippen molar-refractivity contribution < 1.29 is 13.9 Å². The van der Waals surface area contributed by atoms with Crippen molar-refractivity contribution in [3.8, 4) is 10.4 Å². The van der Waals surface area contributed by atoms with E-state index in [9.17, 15) is 9.18 Å². The van der Waals surface area contributed by atoms with Gasteiger partial charge in [0.25, 0.3) is 5.91 Å². The number of pyridine rings is 1. The Balaban J connectivity index is 0.00000101. The van der Waals surface area contributed by atoms with Crippen LogP contribution in [0, 0.1) is 18.2 Å². The van der Waals surface area contributed by atoms with Gasteiger partial charge in [-0.15, -0.1) is 11.3 Å². The summed E-state index contributed by atoms with van der Waals surface area (Å²) < 4.78 is 18.7. The Morgan fingerprint density at radius 1 is 1.30 bits per heavy atom. The van der Waals surface area contributed by atoms with Crippen molar-refractivity contribution in [2.24, 2.45) is 0 Å². The lowest BCUT2D eigenvalue weighted by Gasteiger charge is -2.08. The van der Waals surface area contributed by atoms with E-state index in [1.807, 2.05) is 25.1 Å². The molecule has 0 unspecified atom stereocenters. The number of benzene rings is 1. The van der Waals surface area contributed by atoms with E-state index in [0.717, 1.165) is 22.2 Å². The van der Waals surface area contributed by atoms with Gasteiger partial charge in [0.1, 0.15) is 0 Å². The maximum Gasteiger partial charge on any atom is 0.259 e. The van der Waals surface area contributed by atoms with Crippen LogP contribution >= 0.6 is 11.3 Å². The van der Waals surface area contributed by atoms with Crippen LogP contribution in [0.25, 0.3) is 10.4 Å². The number of thiophene rings is 1. The molecule has 2 N–H and O–H groups in total.